The minimum atomic E-state index is -4.53. The fourth-order valence-electron chi connectivity index (χ4n) is 2.79. The number of alkyl halides is 3. The van der Waals surface area contributed by atoms with E-state index in [4.69, 9.17) is 4.74 Å². The van der Waals surface area contributed by atoms with Gasteiger partial charge in [-0.15, -0.1) is 0 Å². The summed E-state index contributed by atoms with van der Waals surface area (Å²) >= 11 is 0. The first-order valence-corrected chi connectivity index (χ1v) is 8.45. The fraction of sp³-hybridized carbons (Fsp3) is 0.750. The Kier molecular flexibility index (Phi) is 6.45. The van der Waals surface area contributed by atoms with E-state index in [1.54, 1.807) is 25.7 Å². The number of hydrogen-bond acceptors (Lipinski definition) is 4. The zero-order chi connectivity index (χ0) is 18.6. The molecule has 0 saturated carbocycles. The Labute approximate surface area is 145 Å². The number of amides is 1. The molecule has 1 N–H and O–H groups in total. The van der Waals surface area contributed by atoms with Crippen molar-refractivity contribution in [1.29, 1.82) is 0 Å². The highest BCUT2D eigenvalue weighted by Crippen LogP contribution is 2.33. The van der Waals surface area contributed by atoms with Crippen LogP contribution in [0.2, 0.25) is 0 Å². The van der Waals surface area contributed by atoms with Crippen molar-refractivity contribution in [3.8, 4) is 0 Å². The molecule has 1 amide bonds. The van der Waals surface area contributed by atoms with Crippen LogP contribution in [0.1, 0.15) is 32.4 Å². The molecule has 1 fully saturated rings. The molecule has 2 rings (SSSR count). The van der Waals surface area contributed by atoms with Gasteiger partial charge in [-0.1, -0.05) is 13.8 Å². The standard InChI is InChI=1S/C16H25F3N4O2/c1-4-23-10-12(9-20-23)14(16(17,18)19)21-13(11(2)3)15(24)22-5-7-25-8-6-22/h9-11,13-14,21H,4-8H2,1-3H3. The Morgan fingerprint density at radius 2 is 2.00 bits per heavy atom. The number of morpholine rings is 1. The van der Waals surface area contributed by atoms with Gasteiger partial charge in [0.15, 0.2) is 0 Å². The Hall–Kier alpha value is -1.61. The van der Waals surface area contributed by atoms with E-state index < -0.39 is 18.3 Å². The molecule has 0 aliphatic carbocycles. The first kappa shape index (κ1) is 19.7. The van der Waals surface area contributed by atoms with Crippen LogP contribution < -0.4 is 5.32 Å². The average Bonchev–Trinajstić information content (AvgIpc) is 3.03. The molecule has 9 heteroatoms. The van der Waals surface area contributed by atoms with Crippen LogP contribution in [0.4, 0.5) is 13.2 Å². The van der Waals surface area contributed by atoms with Gasteiger partial charge in [0.1, 0.15) is 6.04 Å². The summed E-state index contributed by atoms with van der Waals surface area (Å²) in [6.07, 6.45) is -1.97. The second-order valence-electron chi connectivity index (χ2n) is 6.43. The molecule has 6 nitrogen and oxygen atoms in total. The van der Waals surface area contributed by atoms with E-state index in [-0.39, 0.29) is 17.4 Å². The van der Waals surface area contributed by atoms with Crippen LogP contribution in [0.25, 0.3) is 0 Å². The molecule has 142 valence electrons. The lowest BCUT2D eigenvalue weighted by molar-refractivity contribution is -0.163. The number of carbonyl (C=O) groups is 1. The van der Waals surface area contributed by atoms with Crippen molar-refractivity contribution in [2.45, 2.75) is 45.6 Å². The molecule has 1 saturated heterocycles. The fourth-order valence-corrected chi connectivity index (χ4v) is 2.79. The average molecular weight is 362 g/mol. The van der Waals surface area contributed by atoms with Crippen LogP contribution in [-0.4, -0.2) is 59.1 Å². The van der Waals surface area contributed by atoms with Crippen molar-refractivity contribution in [2.75, 3.05) is 26.3 Å². The largest absolute Gasteiger partial charge is 0.408 e. The van der Waals surface area contributed by atoms with E-state index in [9.17, 15) is 18.0 Å². The van der Waals surface area contributed by atoms with Gasteiger partial charge < -0.3 is 9.64 Å². The van der Waals surface area contributed by atoms with E-state index in [2.05, 4.69) is 10.4 Å². The second kappa shape index (κ2) is 8.18. The molecule has 1 aliphatic rings. The maximum atomic E-state index is 13.6. The van der Waals surface area contributed by atoms with Gasteiger partial charge in [0.25, 0.3) is 0 Å². The lowest BCUT2D eigenvalue weighted by atomic mass is 9.99. The molecular formula is C16H25F3N4O2. The molecule has 2 heterocycles. The van der Waals surface area contributed by atoms with Crippen molar-refractivity contribution >= 4 is 5.91 Å². The van der Waals surface area contributed by atoms with E-state index in [0.717, 1.165) is 0 Å². The summed E-state index contributed by atoms with van der Waals surface area (Å²) in [5.41, 5.74) is 0.00905. The number of hydrogen-bond donors (Lipinski definition) is 1. The zero-order valence-electron chi connectivity index (χ0n) is 14.7. The van der Waals surface area contributed by atoms with Crippen LogP contribution in [0.5, 0.6) is 0 Å². The number of ether oxygens (including phenoxy) is 1. The molecule has 0 spiro atoms. The zero-order valence-corrected chi connectivity index (χ0v) is 14.7. The summed E-state index contributed by atoms with van der Waals surface area (Å²) in [5, 5.41) is 6.45. The van der Waals surface area contributed by atoms with Crippen LogP contribution >= 0.6 is 0 Å². The molecule has 25 heavy (non-hydrogen) atoms. The predicted octanol–water partition coefficient (Wildman–Crippen LogP) is 1.98. The topological polar surface area (TPSA) is 59.4 Å². The second-order valence-corrected chi connectivity index (χ2v) is 6.43. The summed E-state index contributed by atoms with van der Waals surface area (Å²) in [6.45, 7) is 7.35. The molecule has 2 atom stereocenters. The molecular weight excluding hydrogens is 337 g/mol. The van der Waals surface area contributed by atoms with Gasteiger partial charge in [-0.25, -0.2) is 0 Å². The SMILES string of the molecule is CCn1cc(C(NC(C(=O)N2CCOCC2)C(C)C)C(F)(F)F)cn1. The maximum Gasteiger partial charge on any atom is 0.408 e. The lowest BCUT2D eigenvalue weighted by Crippen LogP contribution is -2.54. The van der Waals surface area contributed by atoms with Gasteiger partial charge >= 0.3 is 6.18 Å². The Bertz CT molecular complexity index is 568. The van der Waals surface area contributed by atoms with Crippen LogP contribution in [0, 0.1) is 5.92 Å². The number of aryl methyl sites for hydroxylation is 1. The maximum absolute atomic E-state index is 13.6. The minimum Gasteiger partial charge on any atom is -0.378 e. The molecule has 0 radical (unpaired) electrons. The first-order valence-electron chi connectivity index (χ1n) is 8.45. The number of nitrogens with one attached hydrogen (secondary N) is 1. The monoisotopic (exact) mass is 362 g/mol. The summed E-state index contributed by atoms with van der Waals surface area (Å²) < 4.78 is 47.5. The normalized spacial score (nSPS) is 18.4. The third-order valence-corrected chi connectivity index (χ3v) is 4.24. The van der Waals surface area contributed by atoms with Crippen molar-refractivity contribution in [3.05, 3.63) is 18.0 Å². The summed E-state index contributed by atoms with van der Waals surface area (Å²) in [5.74, 6) is -0.614. The van der Waals surface area contributed by atoms with Crippen molar-refractivity contribution in [3.63, 3.8) is 0 Å². The number of carbonyl (C=O) groups excluding carboxylic acids is 1. The van der Waals surface area contributed by atoms with Gasteiger partial charge in [0.05, 0.1) is 25.5 Å². The molecule has 1 aromatic rings. The van der Waals surface area contributed by atoms with Crippen molar-refractivity contribution in [1.82, 2.24) is 20.0 Å². The summed E-state index contributed by atoms with van der Waals surface area (Å²) in [6, 6.07) is -2.88. The van der Waals surface area contributed by atoms with Crippen molar-refractivity contribution in [2.24, 2.45) is 5.92 Å². The Morgan fingerprint density at radius 1 is 1.36 bits per heavy atom. The number of rotatable bonds is 6. The van der Waals surface area contributed by atoms with Gasteiger partial charge in [0, 0.05) is 31.4 Å². The van der Waals surface area contributed by atoms with Crippen LogP contribution in [-0.2, 0) is 16.1 Å². The van der Waals surface area contributed by atoms with Crippen LogP contribution in [0.15, 0.2) is 12.4 Å². The van der Waals surface area contributed by atoms with Gasteiger partial charge in [-0.3, -0.25) is 14.8 Å². The van der Waals surface area contributed by atoms with Crippen molar-refractivity contribution < 1.29 is 22.7 Å². The third-order valence-electron chi connectivity index (χ3n) is 4.24. The smallest absolute Gasteiger partial charge is 0.378 e. The summed E-state index contributed by atoms with van der Waals surface area (Å²) in [7, 11) is 0. The van der Waals surface area contributed by atoms with Gasteiger partial charge in [-0.05, 0) is 12.8 Å². The number of nitrogens with zero attached hydrogens (tertiary/aromatic N) is 3. The highest BCUT2D eigenvalue weighted by molar-refractivity contribution is 5.82. The predicted molar refractivity (Wildman–Crippen MR) is 85.9 cm³/mol. The molecule has 0 aromatic carbocycles. The minimum absolute atomic E-state index is 0.00905. The molecule has 0 bridgehead atoms. The van der Waals surface area contributed by atoms with Crippen LogP contribution in [0.3, 0.4) is 0 Å². The van der Waals surface area contributed by atoms with Gasteiger partial charge in [-0.2, -0.15) is 18.3 Å². The highest BCUT2D eigenvalue weighted by Gasteiger charge is 2.44. The van der Waals surface area contributed by atoms with E-state index in [1.807, 2.05) is 0 Å². The van der Waals surface area contributed by atoms with E-state index in [1.165, 1.54) is 17.1 Å². The Balaban J connectivity index is 2.22. The summed E-state index contributed by atoms with van der Waals surface area (Å²) in [4.78, 5) is 14.3. The third kappa shape index (κ3) is 4.94. The molecule has 1 aliphatic heterocycles. The van der Waals surface area contributed by atoms with E-state index >= 15 is 0 Å². The Morgan fingerprint density at radius 3 is 2.48 bits per heavy atom. The molecule has 1 aromatic heterocycles. The highest BCUT2D eigenvalue weighted by atomic mass is 19.4. The molecule has 2 unspecified atom stereocenters. The quantitative estimate of drug-likeness (QED) is 0.841. The van der Waals surface area contributed by atoms with Gasteiger partial charge in [0.2, 0.25) is 5.91 Å². The van der Waals surface area contributed by atoms with E-state index in [0.29, 0.717) is 32.8 Å². The number of halogens is 3. The first-order chi connectivity index (χ1) is 11.7. The lowest BCUT2D eigenvalue weighted by Gasteiger charge is -2.34. The number of aromatic nitrogens is 2.